The molecule has 0 bridgehead atoms. The van der Waals surface area contributed by atoms with Gasteiger partial charge < -0.3 is 19.9 Å². The minimum Gasteiger partial charge on any atom is -0.478 e. The normalized spacial score (nSPS) is 11.1. The van der Waals surface area contributed by atoms with Gasteiger partial charge in [0.15, 0.2) is 18.1 Å². The maximum atomic E-state index is 13.6. The van der Waals surface area contributed by atoms with Gasteiger partial charge in [-0.15, -0.1) is 0 Å². The Morgan fingerprint density at radius 3 is 2.44 bits per heavy atom. The summed E-state index contributed by atoms with van der Waals surface area (Å²) in [5.41, 5.74) is 5.48. The predicted octanol–water partition coefficient (Wildman–Crippen LogP) is 4.57. The highest BCUT2D eigenvalue weighted by Gasteiger charge is 2.18. The van der Waals surface area contributed by atoms with E-state index in [0.717, 1.165) is 6.07 Å². The second kappa shape index (κ2) is 7.61. The average molecular weight is 368 g/mol. The van der Waals surface area contributed by atoms with Crippen molar-refractivity contribution in [1.29, 1.82) is 0 Å². The van der Waals surface area contributed by atoms with E-state index in [0.29, 0.717) is 5.69 Å². The van der Waals surface area contributed by atoms with Gasteiger partial charge in [0.1, 0.15) is 17.2 Å². The number of nitrogen functional groups attached to an aromatic ring is 1. The van der Waals surface area contributed by atoms with Crippen LogP contribution in [0.1, 0.15) is 20.8 Å². The molecule has 0 heterocycles. The number of benzene rings is 2. The SMILES string of the molecule is CC(C)(C)OC(=O)COc1ccc(F)cc1Oc1ccc(N)cc1Cl. The molecule has 134 valence electrons. The minimum absolute atomic E-state index is 0.0789. The van der Waals surface area contributed by atoms with Crippen molar-refractivity contribution in [3.63, 3.8) is 0 Å². The average Bonchev–Trinajstić information content (AvgIpc) is 2.47. The highest BCUT2D eigenvalue weighted by molar-refractivity contribution is 6.32. The molecule has 0 saturated heterocycles. The van der Waals surface area contributed by atoms with Crippen molar-refractivity contribution in [2.45, 2.75) is 26.4 Å². The largest absolute Gasteiger partial charge is 0.478 e. The second-order valence-electron chi connectivity index (χ2n) is 6.26. The van der Waals surface area contributed by atoms with Crippen molar-refractivity contribution in [2.24, 2.45) is 0 Å². The number of esters is 1. The van der Waals surface area contributed by atoms with E-state index in [4.69, 9.17) is 31.5 Å². The Morgan fingerprint density at radius 1 is 1.12 bits per heavy atom. The van der Waals surface area contributed by atoms with Crippen LogP contribution in [0.15, 0.2) is 36.4 Å². The van der Waals surface area contributed by atoms with E-state index in [2.05, 4.69) is 0 Å². The smallest absolute Gasteiger partial charge is 0.344 e. The lowest BCUT2D eigenvalue weighted by Gasteiger charge is -2.20. The molecule has 0 radical (unpaired) electrons. The number of anilines is 1. The van der Waals surface area contributed by atoms with Gasteiger partial charge in [0, 0.05) is 11.8 Å². The van der Waals surface area contributed by atoms with E-state index >= 15 is 0 Å². The van der Waals surface area contributed by atoms with Gasteiger partial charge >= 0.3 is 5.97 Å². The molecule has 0 aromatic heterocycles. The molecule has 2 rings (SSSR count). The maximum Gasteiger partial charge on any atom is 0.344 e. The summed E-state index contributed by atoms with van der Waals surface area (Å²) in [6.45, 7) is 4.91. The summed E-state index contributed by atoms with van der Waals surface area (Å²) in [6.07, 6.45) is 0. The van der Waals surface area contributed by atoms with E-state index in [1.165, 1.54) is 18.2 Å². The number of halogens is 2. The van der Waals surface area contributed by atoms with Crippen LogP contribution in [0.5, 0.6) is 17.2 Å². The standard InChI is InChI=1S/C18H19ClFNO4/c1-18(2,3)25-17(22)10-23-15-6-4-11(20)8-16(15)24-14-7-5-12(21)9-13(14)19/h4-9H,10,21H2,1-3H3. The molecule has 0 saturated carbocycles. The first-order valence-corrected chi connectivity index (χ1v) is 7.89. The summed E-state index contributed by atoms with van der Waals surface area (Å²) in [7, 11) is 0. The molecule has 0 unspecified atom stereocenters. The van der Waals surface area contributed by atoms with Crippen LogP contribution in [0.3, 0.4) is 0 Å². The lowest BCUT2D eigenvalue weighted by Crippen LogP contribution is -2.27. The van der Waals surface area contributed by atoms with Crippen LogP contribution in [0.4, 0.5) is 10.1 Å². The molecule has 2 aromatic rings. The molecule has 0 aliphatic carbocycles. The van der Waals surface area contributed by atoms with Gasteiger partial charge in [-0.2, -0.15) is 0 Å². The molecule has 2 aromatic carbocycles. The molecule has 0 aliphatic heterocycles. The summed E-state index contributed by atoms with van der Waals surface area (Å²) < 4.78 is 29.7. The van der Waals surface area contributed by atoms with Crippen LogP contribution in [0, 0.1) is 5.82 Å². The monoisotopic (exact) mass is 367 g/mol. The third-order valence-electron chi connectivity index (χ3n) is 2.85. The maximum absolute atomic E-state index is 13.6. The van der Waals surface area contributed by atoms with Gasteiger partial charge in [-0.25, -0.2) is 9.18 Å². The number of carbonyl (C=O) groups is 1. The molecule has 0 spiro atoms. The van der Waals surface area contributed by atoms with E-state index in [-0.39, 0.29) is 28.9 Å². The Morgan fingerprint density at radius 2 is 1.80 bits per heavy atom. The van der Waals surface area contributed by atoms with Gasteiger partial charge in [0.05, 0.1) is 5.02 Å². The summed E-state index contributed by atoms with van der Waals surface area (Å²) in [5, 5.41) is 0.266. The van der Waals surface area contributed by atoms with Crippen LogP contribution < -0.4 is 15.2 Å². The highest BCUT2D eigenvalue weighted by atomic mass is 35.5. The summed E-state index contributed by atoms with van der Waals surface area (Å²) in [6, 6.07) is 8.36. The minimum atomic E-state index is -0.625. The fourth-order valence-corrected chi connectivity index (χ4v) is 2.13. The molecule has 2 N–H and O–H groups in total. The molecule has 0 fully saturated rings. The molecular formula is C18H19ClFNO4. The van der Waals surface area contributed by atoms with Crippen LogP contribution in [-0.4, -0.2) is 18.2 Å². The zero-order chi connectivity index (χ0) is 18.6. The molecule has 7 heteroatoms. The van der Waals surface area contributed by atoms with Gasteiger partial charge in [0.25, 0.3) is 0 Å². The molecule has 0 atom stereocenters. The number of rotatable bonds is 5. The second-order valence-corrected chi connectivity index (χ2v) is 6.67. The fourth-order valence-electron chi connectivity index (χ4n) is 1.91. The zero-order valence-electron chi connectivity index (χ0n) is 14.1. The lowest BCUT2D eigenvalue weighted by atomic mass is 10.2. The first-order valence-electron chi connectivity index (χ1n) is 7.51. The number of hydrogen-bond donors (Lipinski definition) is 1. The Bertz CT molecular complexity index is 774. The van der Waals surface area contributed by atoms with E-state index in [1.807, 2.05) is 0 Å². The third kappa shape index (κ3) is 5.83. The van der Waals surface area contributed by atoms with Gasteiger partial charge in [-0.3, -0.25) is 0 Å². The quantitative estimate of drug-likeness (QED) is 0.619. The lowest BCUT2D eigenvalue weighted by molar-refractivity contribution is -0.157. The zero-order valence-corrected chi connectivity index (χ0v) is 14.9. The number of ether oxygens (including phenoxy) is 3. The van der Waals surface area contributed by atoms with Crippen molar-refractivity contribution in [1.82, 2.24) is 0 Å². The molecular weight excluding hydrogens is 349 g/mol. The Kier molecular flexibility index (Phi) is 5.74. The van der Waals surface area contributed by atoms with Crippen molar-refractivity contribution in [2.75, 3.05) is 12.3 Å². The molecule has 25 heavy (non-hydrogen) atoms. The molecule has 0 aliphatic rings. The van der Waals surface area contributed by atoms with Crippen LogP contribution in [-0.2, 0) is 9.53 Å². The predicted molar refractivity (Wildman–Crippen MR) is 93.7 cm³/mol. The molecule has 5 nitrogen and oxygen atoms in total. The summed E-state index contributed by atoms with van der Waals surface area (Å²) in [4.78, 5) is 11.8. The first-order chi connectivity index (χ1) is 11.6. The Labute approximate surface area is 150 Å². The number of hydrogen-bond acceptors (Lipinski definition) is 5. The van der Waals surface area contributed by atoms with Gasteiger partial charge in [0.2, 0.25) is 0 Å². The summed E-state index contributed by atoms with van der Waals surface area (Å²) >= 11 is 6.06. The topological polar surface area (TPSA) is 70.8 Å². The number of carbonyl (C=O) groups excluding carboxylic acids is 1. The van der Waals surface area contributed by atoms with E-state index in [1.54, 1.807) is 32.9 Å². The fraction of sp³-hybridized carbons (Fsp3) is 0.278. The van der Waals surface area contributed by atoms with Crippen molar-refractivity contribution >= 4 is 23.3 Å². The van der Waals surface area contributed by atoms with Gasteiger partial charge in [-0.05, 0) is 51.1 Å². The van der Waals surface area contributed by atoms with Crippen molar-refractivity contribution in [3.05, 3.63) is 47.2 Å². The van der Waals surface area contributed by atoms with Crippen molar-refractivity contribution in [3.8, 4) is 17.2 Å². The van der Waals surface area contributed by atoms with Gasteiger partial charge in [-0.1, -0.05) is 11.6 Å². The van der Waals surface area contributed by atoms with E-state index < -0.39 is 17.4 Å². The highest BCUT2D eigenvalue weighted by Crippen LogP contribution is 2.36. The van der Waals surface area contributed by atoms with E-state index in [9.17, 15) is 9.18 Å². The van der Waals surface area contributed by atoms with Crippen LogP contribution in [0.2, 0.25) is 5.02 Å². The molecule has 0 amide bonds. The van der Waals surface area contributed by atoms with Crippen LogP contribution in [0.25, 0.3) is 0 Å². The number of nitrogens with two attached hydrogens (primary N) is 1. The van der Waals surface area contributed by atoms with Crippen molar-refractivity contribution < 1.29 is 23.4 Å². The third-order valence-corrected chi connectivity index (χ3v) is 3.14. The van der Waals surface area contributed by atoms with Crippen LogP contribution >= 0.6 is 11.6 Å². The summed E-state index contributed by atoms with van der Waals surface area (Å²) in [5.74, 6) is -0.529. The Hall–Kier alpha value is -2.47. The Balaban J connectivity index is 2.15. The first kappa shape index (κ1) is 18.9.